The van der Waals surface area contributed by atoms with Gasteiger partial charge in [0.25, 0.3) is 0 Å². The lowest BCUT2D eigenvalue weighted by atomic mass is 10.2. The molecule has 0 aromatic carbocycles. The Morgan fingerprint density at radius 3 is 2.92 bits per heavy atom. The fourth-order valence-electron chi connectivity index (χ4n) is 1.39. The molecular formula is C9H14ClNOS. The normalized spacial score (nSPS) is 22.4. The minimum Gasteiger partial charge on any atom is -0.378 e. The van der Waals surface area contributed by atoms with Gasteiger partial charge < -0.3 is 10.1 Å². The lowest BCUT2D eigenvalue weighted by Crippen LogP contribution is -2.33. The zero-order chi connectivity index (χ0) is 8.39. The summed E-state index contributed by atoms with van der Waals surface area (Å²) in [4.78, 5) is 2.77. The van der Waals surface area contributed by atoms with E-state index in [0.717, 1.165) is 19.8 Å². The quantitative estimate of drug-likeness (QED) is 0.782. The van der Waals surface area contributed by atoms with Crippen LogP contribution in [0.5, 0.6) is 0 Å². The van der Waals surface area contributed by atoms with Gasteiger partial charge in [0, 0.05) is 16.3 Å². The molecule has 0 aliphatic carbocycles. The van der Waals surface area contributed by atoms with Gasteiger partial charge >= 0.3 is 0 Å². The molecule has 0 spiro atoms. The first-order valence-corrected chi connectivity index (χ1v) is 5.05. The molecule has 1 aromatic rings. The Morgan fingerprint density at radius 1 is 1.54 bits per heavy atom. The number of hydrogen-bond donors (Lipinski definition) is 1. The molecule has 1 atom stereocenters. The maximum Gasteiger partial charge on any atom is 0.0670 e. The van der Waals surface area contributed by atoms with Gasteiger partial charge in [-0.3, -0.25) is 0 Å². The van der Waals surface area contributed by atoms with Crippen molar-refractivity contribution in [3.05, 3.63) is 21.9 Å². The van der Waals surface area contributed by atoms with E-state index < -0.39 is 0 Å². The third-order valence-electron chi connectivity index (χ3n) is 2.03. The van der Waals surface area contributed by atoms with Gasteiger partial charge in [0.1, 0.15) is 0 Å². The standard InChI is InChI=1S/C9H13NOS.ClH/c1-7-2-3-9(12-7)8-6-11-5-4-10-8;/h2-3,8,10H,4-6H2,1H3;1H/t8-;/m1./s1. The van der Waals surface area contributed by atoms with Crippen molar-refractivity contribution in [2.24, 2.45) is 0 Å². The van der Waals surface area contributed by atoms with Crippen LogP contribution in [0, 0.1) is 6.92 Å². The Balaban J connectivity index is 0.000000845. The lowest BCUT2D eigenvalue weighted by Gasteiger charge is -2.22. The predicted octanol–water partition coefficient (Wildman–Crippen LogP) is 2.14. The third-order valence-corrected chi connectivity index (χ3v) is 3.14. The van der Waals surface area contributed by atoms with Crippen LogP contribution < -0.4 is 5.32 Å². The Hall–Kier alpha value is -0.0900. The van der Waals surface area contributed by atoms with E-state index in [1.165, 1.54) is 9.75 Å². The number of rotatable bonds is 1. The molecule has 1 aliphatic heterocycles. The van der Waals surface area contributed by atoms with Crippen LogP contribution >= 0.6 is 23.7 Å². The van der Waals surface area contributed by atoms with E-state index in [1.807, 2.05) is 11.3 Å². The summed E-state index contributed by atoms with van der Waals surface area (Å²) < 4.78 is 5.39. The second-order valence-electron chi connectivity index (χ2n) is 3.03. The molecule has 0 amide bonds. The highest BCUT2D eigenvalue weighted by atomic mass is 35.5. The summed E-state index contributed by atoms with van der Waals surface area (Å²) in [7, 11) is 0. The average Bonchev–Trinajstić information content (AvgIpc) is 2.54. The van der Waals surface area contributed by atoms with Gasteiger partial charge in [-0.2, -0.15) is 0 Å². The average molecular weight is 220 g/mol. The summed E-state index contributed by atoms with van der Waals surface area (Å²) in [6.07, 6.45) is 0. The zero-order valence-electron chi connectivity index (χ0n) is 7.58. The molecule has 0 radical (unpaired) electrons. The van der Waals surface area contributed by atoms with Gasteiger partial charge in [0.2, 0.25) is 0 Å². The fourth-order valence-corrected chi connectivity index (χ4v) is 2.33. The summed E-state index contributed by atoms with van der Waals surface area (Å²) in [6, 6.07) is 4.78. The molecule has 2 heterocycles. The number of morpholine rings is 1. The first-order valence-electron chi connectivity index (χ1n) is 4.24. The summed E-state index contributed by atoms with van der Waals surface area (Å²) in [5.41, 5.74) is 0. The number of halogens is 1. The van der Waals surface area contributed by atoms with Crippen LogP contribution in [0.2, 0.25) is 0 Å². The fraction of sp³-hybridized carbons (Fsp3) is 0.556. The molecule has 0 saturated carbocycles. The molecule has 1 N–H and O–H groups in total. The van der Waals surface area contributed by atoms with Crippen molar-refractivity contribution in [3.63, 3.8) is 0 Å². The van der Waals surface area contributed by atoms with Crippen LogP contribution in [-0.4, -0.2) is 19.8 Å². The van der Waals surface area contributed by atoms with E-state index in [4.69, 9.17) is 4.74 Å². The van der Waals surface area contributed by atoms with Crippen molar-refractivity contribution in [1.29, 1.82) is 0 Å². The van der Waals surface area contributed by atoms with Crippen LogP contribution in [0.4, 0.5) is 0 Å². The van der Waals surface area contributed by atoms with E-state index in [9.17, 15) is 0 Å². The second-order valence-corrected chi connectivity index (χ2v) is 4.35. The molecule has 4 heteroatoms. The van der Waals surface area contributed by atoms with Gasteiger partial charge in [0.05, 0.1) is 19.3 Å². The van der Waals surface area contributed by atoms with E-state index in [-0.39, 0.29) is 12.4 Å². The third kappa shape index (κ3) is 2.68. The number of ether oxygens (including phenoxy) is 1. The predicted molar refractivity (Wildman–Crippen MR) is 57.9 cm³/mol. The van der Waals surface area contributed by atoms with Gasteiger partial charge in [-0.15, -0.1) is 23.7 Å². The van der Waals surface area contributed by atoms with Gasteiger partial charge in [0.15, 0.2) is 0 Å². The maximum absolute atomic E-state index is 5.39. The Kier molecular flexibility index (Phi) is 4.19. The minimum absolute atomic E-state index is 0. The number of aryl methyl sites for hydroxylation is 1. The summed E-state index contributed by atoms with van der Waals surface area (Å²) in [6.45, 7) is 4.78. The van der Waals surface area contributed by atoms with E-state index in [1.54, 1.807) is 0 Å². The Labute approximate surface area is 88.7 Å². The van der Waals surface area contributed by atoms with Crippen LogP contribution in [-0.2, 0) is 4.74 Å². The molecule has 2 nitrogen and oxygen atoms in total. The summed E-state index contributed by atoms with van der Waals surface area (Å²) >= 11 is 1.85. The number of thiophene rings is 1. The zero-order valence-corrected chi connectivity index (χ0v) is 9.21. The molecule has 74 valence electrons. The molecule has 1 aliphatic rings. The van der Waals surface area contributed by atoms with Gasteiger partial charge in [-0.1, -0.05) is 0 Å². The van der Waals surface area contributed by atoms with E-state index in [0.29, 0.717) is 6.04 Å². The van der Waals surface area contributed by atoms with Crippen LogP contribution in [0.25, 0.3) is 0 Å². The molecule has 0 bridgehead atoms. The van der Waals surface area contributed by atoms with Crippen molar-refractivity contribution >= 4 is 23.7 Å². The monoisotopic (exact) mass is 219 g/mol. The van der Waals surface area contributed by atoms with Crippen molar-refractivity contribution < 1.29 is 4.74 Å². The van der Waals surface area contributed by atoms with Crippen molar-refractivity contribution in [2.45, 2.75) is 13.0 Å². The highest BCUT2D eigenvalue weighted by molar-refractivity contribution is 7.12. The maximum atomic E-state index is 5.39. The Bertz CT molecular complexity index is 258. The van der Waals surface area contributed by atoms with Crippen LogP contribution in [0.15, 0.2) is 12.1 Å². The van der Waals surface area contributed by atoms with E-state index >= 15 is 0 Å². The topological polar surface area (TPSA) is 21.3 Å². The molecule has 1 fully saturated rings. The van der Waals surface area contributed by atoms with Crippen molar-refractivity contribution in [2.75, 3.05) is 19.8 Å². The number of hydrogen-bond acceptors (Lipinski definition) is 3. The van der Waals surface area contributed by atoms with E-state index in [2.05, 4.69) is 24.4 Å². The smallest absolute Gasteiger partial charge is 0.0670 e. The minimum atomic E-state index is 0. The molecule has 1 aromatic heterocycles. The molecule has 2 rings (SSSR count). The van der Waals surface area contributed by atoms with Crippen LogP contribution in [0.1, 0.15) is 15.8 Å². The van der Waals surface area contributed by atoms with Crippen molar-refractivity contribution in [3.8, 4) is 0 Å². The largest absolute Gasteiger partial charge is 0.378 e. The first kappa shape index (κ1) is 11.0. The highest BCUT2D eigenvalue weighted by Crippen LogP contribution is 2.23. The van der Waals surface area contributed by atoms with Crippen molar-refractivity contribution in [1.82, 2.24) is 5.32 Å². The molecule has 0 unspecified atom stereocenters. The van der Waals surface area contributed by atoms with Gasteiger partial charge in [-0.25, -0.2) is 0 Å². The van der Waals surface area contributed by atoms with Gasteiger partial charge in [-0.05, 0) is 19.1 Å². The first-order chi connectivity index (χ1) is 5.86. The molecule has 13 heavy (non-hydrogen) atoms. The molecular weight excluding hydrogens is 206 g/mol. The second kappa shape index (κ2) is 4.96. The Morgan fingerprint density at radius 2 is 2.38 bits per heavy atom. The lowest BCUT2D eigenvalue weighted by molar-refractivity contribution is 0.0779. The summed E-state index contributed by atoms with van der Waals surface area (Å²) in [5, 5.41) is 3.43. The summed E-state index contributed by atoms with van der Waals surface area (Å²) in [5.74, 6) is 0. The molecule has 1 saturated heterocycles. The number of nitrogens with one attached hydrogen (secondary N) is 1. The SMILES string of the molecule is Cc1ccc([C@H]2COCCN2)s1.Cl. The van der Waals surface area contributed by atoms with Crippen LogP contribution in [0.3, 0.4) is 0 Å². The highest BCUT2D eigenvalue weighted by Gasteiger charge is 2.15.